The number of ether oxygens (including phenoxy) is 1. The molecule has 0 bridgehead atoms. The highest BCUT2D eigenvalue weighted by Gasteiger charge is 2.07. The Labute approximate surface area is 100.0 Å². The molecule has 1 atom stereocenters. The minimum atomic E-state index is 0.178. The molecule has 17 heavy (non-hydrogen) atoms. The molecule has 0 amide bonds. The maximum absolute atomic E-state index is 5.00. The fourth-order valence-corrected chi connectivity index (χ4v) is 1.58. The highest BCUT2D eigenvalue weighted by molar-refractivity contribution is 5.40. The molecular weight excluding hydrogens is 218 g/mol. The molecule has 2 aromatic heterocycles. The molecule has 0 spiro atoms. The van der Waals surface area contributed by atoms with Gasteiger partial charge in [-0.2, -0.15) is 10.2 Å². The lowest BCUT2D eigenvalue weighted by molar-refractivity contribution is 0.183. The number of nitrogens with one attached hydrogen (secondary N) is 2. The standard InChI is InChI=1S/C11H17N5O/c1-9(11-3-4-12-15-11)14-10-7-13-16(8-10)5-6-17-2/h3-4,7-9,14H,5-6H2,1-2H3,(H,12,15). The van der Waals surface area contributed by atoms with Crippen molar-refractivity contribution in [3.05, 3.63) is 30.4 Å². The fourth-order valence-electron chi connectivity index (χ4n) is 1.58. The lowest BCUT2D eigenvalue weighted by Gasteiger charge is -2.10. The minimum Gasteiger partial charge on any atom is -0.383 e. The van der Waals surface area contributed by atoms with Crippen molar-refractivity contribution in [1.82, 2.24) is 20.0 Å². The van der Waals surface area contributed by atoms with Gasteiger partial charge in [-0.3, -0.25) is 9.78 Å². The van der Waals surface area contributed by atoms with Crippen LogP contribution in [0.15, 0.2) is 24.7 Å². The summed E-state index contributed by atoms with van der Waals surface area (Å²) in [6.45, 7) is 3.49. The summed E-state index contributed by atoms with van der Waals surface area (Å²) in [5, 5.41) is 14.4. The largest absolute Gasteiger partial charge is 0.383 e. The van der Waals surface area contributed by atoms with E-state index in [9.17, 15) is 0 Å². The van der Waals surface area contributed by atoms with Gasteiger partial charge >= 0.3 is 0 Å². The maximum atomic E-state index is 5.00. The molecule has 0 aliphatic heterocycles. The van der Waals surface area contributed by atoms with Gasteiger partial charge in [-0.25, -0.2) is 0 Å². The van der Waals surface area contributed by atoms with Crippen LogP contribution in [0.3, 0.4) is 0 Å². The van der Waals surface area contributed by atoms with Crippen LogP contribution in [0.25, 0.3) is 0 Å². The van der Waals surface area contributed by atoms with Gasteiger partial charge in [0.25, 0.3) is 0 Å². The Bertz CT molecular complexity index is 436. The summed E-state index contributed by atoms with van der Waals surface area (Å²) in [5.41, 5.74) is 2.04. The minimum absolute atomic E-state index is 0.178. The second kappa shape index (κ2) is 5.49. The Balaban J connectivity index is 1.92. The van der Waals surface area contributed by atoms with Crippen molar-refractivity contribution >= 4 is 5.69 Å². The summed E-state index contributed by atoms with van der Waals surface area (Å²) in [6.07, 6.45) is 5.52. The molecule has 0 fully saturated rings. The Morgan fingerprint density at radius 1 is 1.59 bits per heavy atom. The second-order valence-electron chi connectivity index (χ2n) is 3.86. The van der Waals surface area contributed by atoms with Gasteiger partial charge in [-0.05, 0) is 13.0 Å². The van der Waals surface area contributed by atoms with E-state index in [1.165, 1.54) is 0 Å². The van der Waals surface area contributed by atoms with E-state index >= 15 is 0 Å². The number of aromatic amines is 1. The molecule has 2 heterocycles. The summed E-state index contributed by atoms with van der Waals surface area (Å²) < 4.78 is 6.85. The molecule has 2 N–H and O–H groups in total. The van der Waals surface area contributed by atoms with E-state index in [0.29, 0.717) is 6.61 Å². The highest BCUT2D eigenvalue weighted by atomic mass is 16.5. The highest BCUT2D eigenvalue weighted by Crippen LogP contribution is 2.16. The van der Waals surface area contributed by atoms with E-state index in [0.717, 1.165) is 17.9 Å². The van der Waals surface area contributed by atoms with E-state index in [2.05, 4.69) is 27.5 Å². The normalized spacial score (nSPS) is 12.6. The number of nitrogens with zero attached hydrogens (tertiary/aromatic N) is 3. The van der Waals surface area contributed by atoms with Crippen LogP contribution in [0.5, 0.6) is 0 Å². The van der Waals surface area contributed by atoms with Gasteiger partial charge < -0.3 is 10.1 Å². The zero-order valence-electron chi connectivity index (χ0n) is 10.1. The SMILES string of the molecule is COCCn1cc(NC(C)c2ccn[nH]2)cn1. The van der Waals surface area contributed by atoms with Gasteiger partial charge in [0.2, 0.25) is 0 Å². The number of methoxy groups -OCH3 is 1. The third kappa shape index (κ3) is 3.07. The number of hydrogen-bond acceptors (Lipinski definition) is 4. The summed E-state index contributed by atoms with van der Waals surface area (Å²) in [4.78, 5) is 0. The van der Waals surface area contributed by atoms with E-state index in [4.69, 9.17) is 4.74 Å². The van der Waals surface area contributed by atoms with Crippen molar-refractivity contribution in [2.75, 3.05) is 19.0 Å². The number of rotatable bonds is 6. The molecule has 6 nitrogen and oxygen atoms in total. The third-order valence-electron chi connectivity index (χ3n) is 2.53. The molecule has 1 unspecified atom stereocenters. The summed E-state index contributed by atoms with van der Waals surface area (Å²) >= 11 is 0. The monoisotopic (exact) mass is 235 g/mol. The van der Waals surface area contributed by atoms with Crippen molar-refractivity contribution in [2.24, 2.45) is 0 Å². The molecule has 0 aliphatic carbocycles. The van der Waals surface area contributed by atoms with Crippen LogP contribution in [0.2, 0.25) is 0 Å². The molecule has 2 rings (SSSR count). The summed E-state index contributed by atoms with van der Waals surface area (Å²) in [7, 11) is 1.68. The lowest BCUT2D eigenvalue weighted by Crippen LogP contribution is -2.07. The van der Waals surface area contributed by atoms with E-state index in [1.807, 2.05) is 23.1 Å². The average molecular weight is 235 g/mol. The molecule has 6 heteroatoms. The van der Waals surface area contributed by atoms with Crippen molar-refractivity contribution < 1.29 is 4.74 Å². The Kier molecular flexibility index (Phi) is 3.77. The predicted molar refractivity (Wildman–Crippen MR) is 64.7 cm³/mol. The quantitative estimate of drug-likeness (QED) is 0.794. The van der Waals surface area contributed by atoms with E-state index in [1.54, 1.807) is 13.3 Å². The first kappa shape index (κ1) is 11.7. The van der Waals surface area contributed by atoms with Crippen LogP contribution in [-0.4, -0.2) is 33.7 Å². The van der Waals surface area contributed by atoms with Gasteiger partial charge in [-0.1, -0.05) is 0 Å². The molecule has 92 valence electrons. The zero-order chi connectivity index (χ0) is 12.1. The number of aromatic nitrogens is 4. The average Bonchev–Trinajstić information content (AvgIpc) is 2.97. The van der Waals surface area contributed by atoms with E-state index < -0.39 is 0 Å². The van der Waals surface area contributed by atoms with Gasteiger partial charge in [0.1, 0.15) is 0 Å². The number of H-pyrrole nitrogens is 1. The fraction of sp³-hybridized carbons (Fsp3) is 0.455. The second-order valence-corrected chi connectivity index (χ2v) is 3.86. The number of hydrogen-bond donors (Lipinski definition) is 2. The van der Waals surface area contributed by atoms with Crippen LogP contribution in [0, 0.1) is 0 Å². The predicted octanol–water partition coefficient (Wildman–Crippen LogP) is 1.43. The first-order valence-electron chi connectivity index (χ1n) is 5.57. The van der Waals surface area contributed by atoms with Crippen molar-refractivity contribution in [3.63, 3.8) is 0 Å². The summed E-state index contributed by atoms with van der Waals surface area (Å²) in [6, 6.07) is 2.13. The van der Waals surface area contributed by atoms with Gasteiger partial charge in [0, 0.05) is 19.5 Å². The first-order valence-corrected chi connectivity index (χ1v) is 5.57. The molecule has 0 aromatic carbocycles. The van der Waals surface area contributed by atoms with Crippen LogP contribution in [0.4, 0.5) is 5.69 Å². The molecule has 0 aliphatic rings. The van der Waals surface area contributed by atoms with Gasteiger partial charge in [0.05, 0.1) is 36.8 Å². The van der Waals surface area contributed by atoms with Crippen molar-refractivity contribution in [1.29, 1.82) is 0 Å². The molecule has 0 saturated carbocycles. The smallest absolute Gasteiger partial charge is 0.0731 e. The van der Waals surface area contributed by atoms with Crippen molar-refractivity contribution in [3.8, 4) is 0 Å². The van der Waals surface area contributed by atoms with Crippen LogP contribution in [0.1, 0.15) is 18.7 Å². The molecule has 0 saturated heterocycles. The maximum Gasteiger partial charge on any atom is 0.0731 e. The van der Waals surface area contributed by atoms with Gasteiger partial charge in [0.15, 0.2) is 0 Å². The van der Waals surface area contributed by atoms with Crippen LogP contribution < -0.4 is 5.32 Å². The molecule has 2 aromatic rings. The number of anilines is 1. The first-order chi connectivity index (χ1) is 8.29. The lowest BCUT2D eigenvalue weighted by atomic mass is 10.2. The Morgan fingerprint density at radius 2 is 2.47 bits per heavy atom. The Morgan fingerprint density at radius 3 is 3.18 bits per heavy atom. The van der Waals surface area contributed by atoms with E-state index in [-0.39, 0.29) is 6.04 Å². The van der Waals surface area contributed by atoms with Crippen LogP contribution in [-0.2, 0) is 11.3 Å². The third-order valence-corrected chi connectivity index (χ3v) is 2.53. The van der Waals surface area contributed by atoms with Crippen LogP contribution >= 0.6 is 0 Å². The Hall–Kier alpha value is -1.82. The van der Waals surface area contributed by atoms with Crippen molar-refractivity contribution in [2.45, 2.75) is 19.5 Å². The topological polar surface area (TPSA) is 67.8 Å². The zero-order valence-corrected chi connectivity index (χ0v) is 10.1. The molecular formula is C11H17N5O. The van der Waals surface area contributed by atoms with Gasteiger partial charge in [-0.15, -0.1) is 0 Å². The molecule has 0 radical (unpaired) electrons. The summed E-state index contributed by atoms with van der Waals surface area (Å²) in [5.74, 6) is 0.